The lowest BCUT2D eigenvalue weighted by atomic mass is 9.99. The van der Waals surface area contributed by atoms with Crippen molar-refractivity contribution in [3.63, 3.8) is 0 Å². The smallest absolute Gasteiger partial charge is 0.462 e. The van der Waals surface area contributed by atoms with Crippen molar-refractivity contribution in [2.24, 2.45) is 23.7 Å². The third-order valence-electron chi connectivity index (χ3n) is 17.4. The number of aliphatic hydroxyl groups excluding tert-OH is 1. The molecule has 93 heavy (non-hydrogen) atoms. The minimum absolute atomic E-state index is 0.104. The third kappa shape index (κ3) is 67.0. The van der Waals surface area contributed by atoms with Gasteiger partial charge in [0.1, 0.15) is 19.3 Å². The molecule has 0 saturated heterocycles. The Morgan fingerprint density at radius 1 is 0.301 bits per heavy atom. The second-order valence-corrected chi connectivity index (χ2v) is 31.3. The van der Waals surface area contributed by atoms with Crippen LogP contribution in [-0.2, 0) is 65.4 Å². The number of phosphoric acid groups is 2. The van der Waals surface area contributed by atoms with Crippen molar-refractivity contribution < 1.29 is 80.2 Å². The zero-order valence-corrected chi connectivity index (χ0v) is 62.7. The molecule has 0 aromatic rings. The summed E-state index contributed by atoms with van der Waals surface area (Å²) in [6.07, 6.45) is 47.3. The standard InChI is InChI=1S/C74H144O17P2/c1-9-67(8)53-45-37-28-22-17-18-24-30-40-48-56-73(78)90-69(60-84-71(76)54-46-38-29-23-16-14-12-10-11-13-15-20-26-34-42-50-64(2)3)62-88-92(80,81)86-58-68(75)59-87-93(82,83)89-63-70(61-85-72(77)55-47-39-33-32-36-44-52-66(6)7)91-74(79)57-49-41-31-25-19-21-27-35-43-51-65(4)5/h64-70,75H,9-63H2,1-8H3,(H,80,81)(H,82,83)/t67?,68-,69-,70-/m1/s1. The first kappa shape index (κ1) is 91.1. The van der Waals surface area contributed by atoms with Gasteiger partial charge in [-0.15, -0.1) is 0 Å². The van der Waals surface area contributed by atoms with E-state index in [2.05, 4.69) is 55.4 Å². The number of aliphatic hydroxyl groups is 1. The van der Waals surface area contributed by atoms with Crippen LogP contribution in [0, 0.1) is 23.7 Å². The van der Waals surface area contributed by atoms with Crippen LogP contribution in [0.25, 0.3) is 0 Å². The predicted molar refractivity (Wildman–Crippen MR) is 377 cm³/mol. The van der Waals surface area contributed by atoms with Gasteiger partial charge in [0.15, 0.2) is 12.2 Å². The molecular formula is C74H144O17P2. The summed E-state index contributed by atoms with van der Waals surface area (Å²) in [5.74, 6) is 0.899. The first-order valence-electron chi connectivity index (χ1n) is 38.2. The lowest BCUT2D eigenvalue weighted by Crippen LogP contribution is -2.30. The van der Waals surface area contributed by atoms with Gasteiger partial charge in [0.2, 0.25) is 0 Å². The monoisotopic (exact) mass is 1370 g/mol. The summed E-state index contributed by atoms with van der Waals surface area (Å²) in [5, 5.41) is 10.6. The van der Waals surface area contributed by atoms with Gasteiger partial charge in [0.25, 0.3) is 0 Å². The van der Waals surface area contributed by atoms with Gasteiger partial charge in [0, 0.05) is 25.7 Å². The molecule has 0 aliphatic carbocycles. The molecule has 0 radical (unpaired) electrons. The highest BCUT2D eigenvalue weighted by atomic mass is 31.2. The molecule has 17 nitrogen and oxygen atoms in total. The van der Waals surface area contributed by atoms with Crippen LogP contribution in [0.5, 0.6) is 0 Å². The molecule has 0 saturated carbocycles. The number of ether oxygens (including phenoxy) is 4. The van der Waals surface area contributed by atoms with E-state index in [0.29, 0.717) is 31.6 Å². The maximum absolute atomic E-state index is 13.1. The Morgan fingerprint density at radius 2 is 0.516 bits per heavy atom. The van der Waals surface area contributed by atoms with Crippen LogP contribution in [0.15, 0.2) is 0 Å². The van der Waals surface area contributed by atoms with Gasteiger partial charge in [-0.2, -0.15) is 0 Å². The largest absolute Gasteiger partial charge is 0.472 e. The summed E-state index contributed by atoms with van der Waals surface area (Å²) in [4.78, 5) is 72.7. The average Bonchev–Trinajstić information content (AvgIpc) is 2.30. The highest BCUT2D eigenvalue weighted by Crippen LogP contribution is 2.45. The van der Waals surface area contributed by atoms with Gasteiger partial charge >= 0.3 is 39.5 Å². The van der Waals surface area contributed by atoms with Crippen molar-refractivity contribution in [1.29, 1.82) is 0 Å². The van der Waals surface area contributed by atoms with Crippen LogP contribution in [0.4, 0.5) is 0 Å². The van der Waals surface area contributed by atoms with E-state index in [1.165, 1.54) is 167 Å². The van der Waals surface area contributed by atoms with Crippen LogP contribution in [0.2, 0.25) is 0 Å². The molecule has 0 fully saturated rings. The van der Waals surface area contributed by atoms with Crippen LogP contribution < -0.4 is 0 Å². The Labute approximate surface area is 568 Å². The van der Waals surface area contributed by atoms with E-state index in [0.717, 1.165) is 114 Å². The Morgan fingerprint density at radius 3 is 0.763 bits per heavy atom. The van der Waals surface area contributed by atoms with Crippen molar-refractivity contribution in [2.75, 3.05) is 39.6 Å². The van der Waals surface area contributed by atoms with Crippen molar-refractivity contribution >= 4 is 39.5 Å². The van der Waals surface area contributed by atoms with Gasteiger partial charge < -0.3 is 33.8 Å². The quantitative estimate of drug-likeness (QED) is 0.0222. The van der Waals surface area contributed by atoms with Crippen LogP contribution in [-0.4, -0.2) is 96.7 Å². The van der Waals surface area contributed by atoms with Gasteiger partial charge in [-0.05, 0) is 49.4 Å². The maximum Gasteiger partial charge on any atom is 0.472 e. The normalized spacial score (nSPS) is 14.5. The van der Waals surface area contributed by atoms with E-state index >= 15 is 0 Å². The molecule has 0 aliphatic heterocycles. The molecule has 0 aliphatic rings. The van der Waals surface area contributed by atoms with Gasteiger partial charge in [-0.1, -0.05) is 319 Å². The fourth-order valence-corrected chi connectivity index (χ4v) is 12.7. The summed E-state index contributed by atoms with van der Waals surface area (Å²) < 4.78 is 68.4. The summed E-state index contributed by atoms with van der Waals surface area (Å²) in [7, 11) is -9.91. The highest BCUT2D eigenvalue weighted by molar-refractivity contribution is 7.47. The molecule has 0 spiro atoms. The van der Waals surface area contributed by atoms with E-state index in [-0.39, 0.29) is 25.7 Å². The summed E-state index contributed by atoms with van der Waals surface area (Å²) in [5.41, 5.74) is 0. The summed E-state index contributed by atoms with van der Waals surface area (Å²) in [6.45, 7) is 14.1. The predicted octanol–water partition coefficient (Wildman–Crippen LogP) is 21.3. The number of hydrogen-bond donors (Lipinski definition) is 3. The molecule has 552 valence electrons. The Kier molecular flexibility index (Phi) is 62.2. The minimum Gasteiger partial charge on any atom is -0.462 e. The van der Waals surface area contributed by atoms with Crippen molar-refractivity contribution in [1.82, 2.24) is 0 Å². The van der Waals surface area contributed by atoms with E-state index in [4.69, 9.17) is 37.0 Å². The van der Waals surface area contributed by atoms with Crippen LogP contribution in [0.3, 0.4) is 0 Å². The van der Waals surface area contributed by atoms with Crippen molar-refractivity contribution in [2.45, 2.75) is 388 Å². The topological polar surface area (TPSA) is 237 Å². The fourth-order valence-electron chi connectivity index (χ4n) is 11.2. The summed E-state index contributed by atoms with van der Waals surface area (Å²) in [6, 6.07) is 0. The lowest BCUT2D eigenvalue weighted by molar-refractivity contribution is -0.161. The molecule has 6 atom stereocenters. The van der Waals surface area contributed by atoms with Crippen LogP contribution in [0.1, 0.15) is 370 Å². The van der Waals surface area contributed by atoms with Gasteiger partial charge in [-0.25, -0.2) is 9.13 Å². The number of esters is 4. The molecule has 0 rings (SSSR count). The number of rotatable bonds is 71. The molecule has 0 amide bonds. The minimum atomic E-state index is -4.96. The molecule has 3 N–H and O–H groups in total. The van der Waals surface area contributed by atoms with E-state index in [1.807, 2.05) is 0 Å². The number of carbonyl (C=O) groups is 4. The van der Waals surface area contributed by atoms with E-state index < -0.39 is 97.5 Å². The van der Waals surface area contributed by atoms with Gasteiger partial charge in [0.05, 0.1) is 26.4 Å². The molecule has 0 heterocycles. The molecule has 19 heteroatoms. The molecule has 0 aromatic heterocycles. The maximum atomic E-state index is 13.1. The van der Waals surface area contributed by atoms with Gasteiger partial charge in [-0.3, -0.25) is 37.3 Å². The SMILES string of the molecule is CCC(C)CCCCCCCCCCCCC(=O)O[C@H](COC(=O)CCCCCCCCCCCCCCCCCC(C)C)COP(=O)(O)OC[C@@H](O)COP(=O)(O)OC[C@@H](COC(=O)CCCCCCCCC(C)C)OC(=O)CCCCCCCCCCCC(C)C. The molecule has 0 bridgehead atoms. The Hall–Kier alpha value is -1.94. The number of carbonyl (C=O) groups excluding carboxylic acids is 4. The van der Waals surface area contributed by atoms with E-state index in [1.54, 1.807) is 0 Å². The molecular weight excluding hydrogens is 1220 g/mol. The van der Waals surface area contributed by atoms with Crippen molar-refractivity contribution in [3.05, 3.63) is 0 Å². The number of phosphoric ester groups is 2. The number of unbranched alkanes of at least 4 members (excludes halogenated alkanes) is 36. The Bertz CT molecular complexity index is 1840. The fraction of sp³-hybridized carbons (Fsp3) is 0.946. The first-order valence-corrected chi connectivity index (χ1v) is 41.2. The zero-order chi connectivity index (χ0) is 68.9. The van der Waals surface area contributed by atoms with Crippen LogP contribution >= 0.6 is 15.6 Å². The first-order chi connectivity index (χ1) is 44.6. The second-order valence-electron chi connectivity index (χ2n) is 28.4. The van der Waals surface area contributed by atoms with Crippen molar-refractivity contribution in [3.8, 4) is 0 Å². The second kappa shape index (κ2) is 63.5. The van der Waals surface area contributed by atoms with E-state index in [9.17, 15) is 43.2 Å². The average molecular weight is 1370 g/mol. The summed E-state index contributed by atoms with van der Waals surface area (Å²) >= 11 is 0. The lowest BCUT2D eigenvalue weighted by Gasteiger charge is -2.21. The highest BCUT2D eigenvalue weighted by Gasteiger charge is 2.30. The molecule has 0 aromatic carbocycles. The zero-order valence-electron chi connectivity index (χ0n) is 60.9. The third-order valence-corrected chi connectivity index (χ3v) is 19.3. The Balaban J connectivity index is 5.23. The molecule has 3 unspecified atom stereocenters. The number of hydrogen-bond acceptors (Lipinski definition) is 15.